The van der Waals surface area contributed by atoms with E-state index >= 15 is 0 Å². The van der Waals surface area contributed by atoms with E-state index in [2.05, 4.69) is 26.8 Å². The summed E-state index contributed by atoms with van der Waals surface area (Å²) in [5.74, 6) is 5.09. The number of pyridine rings is 1. The highest BCUT2D eigenvalue weighted by Crippen LogP contribution is 1.77. The van der Waals surface area contributed by atoms with Crippen LogP contribution >= 0.6 is 0 Å². The van der Waals surface area contributed by atoms with Gasteiger partial charge in [0.15, 0.2) is 0 Å². The zero-order valence-corrected chi connectivity index (χ0v) is 9.23. The highest BCUT2D eigenvalue weighted by molar-refractivity contribution is 5.28. The molecule has 0 bridgehead atoms. The second-order valence-electron chi connectivity index (χ2n) is 2.89. The van der Waals surface area contributed by atoms with E-state index in [0.29, 0.717) is 0 Å². The second-order valence-corrected chi connectivity index (χ2v) is 2.89. The van der Waals surface area contributed by atoms with E-state index in [4.69, 9.17) is 0 Å². The molecule has 17 heavy (non-hydrogen) atoms. The zero-order valence-electron chi connectivity index (χ0n) is 9.23. The molecule has 2 aromatic heterocycles. The molecule has 0 atom stereocenters. The van der Waals surface area contributed by atoms with Crippen LogP contribution in [-0.4, -0.2) is 15.0 Å². The maximum Gasteiger partial charge on any atom is 0.325 e. The Morgan fingerprint density at radius 1 is 1.18 bits per heavy atom. The number of nitrogens with one attached hydrogen (secondary N) is 2. The molecule has 0 aliphatic rings. The average Bonchev–Trinajstić information content (AvgIpc) is 2.36. The van der Waals surface area contributed by atoms with Crippen molar-refractivity contribution in [2.45, 2.75) is 6.92 Å². The number of hydrogen-bond acceptors (Lipinski definition) is 3. The van der Waals surface area contributed by atoms with Crippen molar-refractivity contribution in [1.82, 2.24) is 15.0 Å². The van der Waals surface area contributed by atoms with Crippen LogP contribution in [0.2, 0.25) is 0 Å². The summed E-state index contributed by atoms with van der Waals surface area (Å²) in [6.07, 6.45) is 4.79. The predicted octanol–water partition coefficient (Wildman–Crippen LogP) is 0.516. The van der Waals surface area contributed by atoms with Crippen molar-refractivity contribution in [1.29, 1.82) is 0 Å². The number of hydrogen-bond donors (Lipinski definition) is 2. The minimum absolute atomic E-state index is 0.270. The van der Waals surface area contributed by atoms with E-state index in [1.807, 2.05) is 18.2 Å². The van der Waals surface area contributed by atoms with Crippen LogP contribution in [0.3, 0.4) is 0 Å². The first-order valence-corrected chi connectivity index (χ1v) is 4.84. The Labute approximate surface area is 97.6 Å². The van der Waals surface area contributed by atoms with Crippen LogP contribution in [0.4, 0.5) is 0 Å². The first-order chi connectivity index (χ1) is 8.24. The van der Waals surface area contributed by atoms with Crippen LogP contribution in [0.25, 0.3) is 0 Å². The van der Waals surface area contributed by atoms with Crippen LogP contribution in [0.5, 0.6) is 0 Å². The minimum Gasteiger partial charge on any atom is -0.313 e. The molecule has 0 fully saturated rings. The number of H-pyrrole nitrogens is 2. The Morgan fingerprint density at radius 2 is 1.88 bits per heavy atom. The molecular weight excluding hydrogens is 218 g/mol. The first-order valence-electron chi connectivity index (χ1n) is 4.84. The Morgan fingerprint density at radius 3 is 2.29 bits per heavy atom. The Kier molecular flexibility index (Phi) is 4.98. The van der Waals surface area contributed by atoms with E-state index in [0.717, 1.165) is 0 Å². The molecule has 2 rings (SSSR count). The minimum atomic E-state index is -0.517. The van der Waals surface area contributed by atoms with Crippen molar-refractivity contribution in [3.8, 4) is 11.8 Å². The van der Waals surface area contributed by atoms with Gasteiger partial charge < -0.3 is 4.98 Å². The van der Waals surface area contributed by atoms with Gasteiger partial charge in [-0.2, -0.15) is 0 Å². The highest BCUT2D eigenvalue weighted by atomic mass is 16.2. The molecule has 2 aromatic rings. The summed E-state index contributed by atoms with van der Waals surface area (Å²) < 4.78 is 0. The van der Waals surface area contributed by atoms with Crippen molar-refractivity contribution >= 4 is 0 Å². The molecule has 0 unspecified atom stereocenters. The molecule has 0 spiro atoms. The van der Waals surface area contributed by atoms with Gasteiger partial charge in [-0.05, 0) is 19.1 Å². The Hall–Kier alpha value is -2.61. The fourth-order valence-electron chi connectivity index (χ4n) is 0.950. The van der Waals surface area contributed by atoms with Gasteiger partial charge in [0.2, 0.25) is 0 Å². The molecule has 0 radical (unpaired) electrons. The van der Waals surface area contributed by atoms with E-state index < -0.39 is 11.2 Å². The van der Waals surface area contributed by atoms with Crippen molar-refractivity contribution in [2.75, 3.05) is 0 Å². The van der Waals surface area contributed by atoms with Gasteiger partial charge in [-0.25, -0.2) is 4.79 Å². The number of nitrogens with zero attached hydrogens (tertiary/aromatic N) is 1. The van der Waals surface area contributed by atoms with Gasteiger partial charge in [0, 0.05) is 18.6 Å². The molecule has 0 aliphatic carbocycles. The molecule has 5 nitrogen and oxygen atoms in total. The average molecular weight is 229 g/mol. The lowest BCUT2D eigenvalue weighted by atomic mass is 10.3. The Bertz CT molecular complexity index is 591. The molecule has 0 saturated heterocycles. The highest BCUT2D eigenvalue weighted by Gasteiger charge is 1.92. The number of rotatable bonds is 0. The van der Waals surface area contributed by atoms with Crippen LogP contribution in [-0.2, 0) is 0 Å². The van der Waals surface area contributed by atoms with Gasteiger partial charge in [0.1, 0.15) is 5.56 Å². The molecule has 0 amide bonds. The number of aromatic nitrogens is 3. The Balaban J connectivity index is 0.000000202. The van der Waals surface area contributed by atoms with Crippen LogP contribution in [0.15, 0.2) is 46.4 Å². The molecule has 5 heteroatoms. The summed E-state index contributed by atoms with van der Waals surface area (Å²) in [4.78, 5) is 29.5. The lowest BCUT2D eigenvalue weighted by Crippen LogP contribution is -2.23. The lowest BCUT2D eigenvalue weighted by molar-refractivity contribution is 1.03. The molecule has 2 N–H and O–H groups in total. The van der Waals surface area contributed by atoms with Gasteiger partial charge in [-0.3, -0.25) is 14.8 Å². The van der Waals surface area contributed by atoms with E-state index in [1.54, 1.807) is 19.3 Å². The summed E-state index contributed by atoms with van der Waals surface area (Å²) in [5, 5.41) is 0. The summed E-state index contributed by atoms with van der Waals surface area (Å²) >= 11 is 0. The normalized spacial score (nSPS) is 8.29. The number of aromatic amines is 2. The van der Waals surface area contributed by atoms with Crippen molar-refractivity contribution < 1.29 is 0 Å². The molecule has 0 saturated carbocycles. The van der Waals surface area contributed by atoms with E-state index in [-0.39, 0.29) is 5.56 Å². The first kappa shape index (κ1) is 12.5. The van der Waals surface area contributed by atoms with Crippen molar-refractivity contribution in [3.63, 3.8) is 0 Å². The van der Waals surface area contributed by atoms with Gasteiger partial charge in [-0.15, -0.1) is 5.92 Å². The second kappa shape index (κ2) is 6.80. The van der Waals surface area contributed by atoms with Crippen LogP contribution < -0.4 is 11.2 Å². The third kappa shape index (κ3) is 4.62. The van der Waals surface area contributed by atoms with Gasteiger partial charge in [0.25, 0.3) is 5.56 Å². The van der Waals surface area contributed by atoms with Crippen LogP contribution in [0, 0.1) is 11.8 Å². The maximum atomic E-state index is 10.9. The maximum absolute atomic E-state index is 10.9. The molecule has 86 valence electrons. The zero-order chi connectivity index (χ0) is 12.5. The monoisotopic (exact) mass is 229 g/mol. The summed E-state index contributed by atoms with van der Waals surface area (Å²) in [7, 11) is 0. The summed E-state index contributed by atoms with van der Waals surface area (Å²) in [6, 6.07) is 5.72. The lowest BCUT2D eigenvalue weighted by Gasteiger charge is -1.84. The molecule has 0 aromatic carbocycles. The fourth-order valence-corrected chi connectivity index (χ4v) is 0.950. The van der Waals surface area contributed by atoms with E-state index in [1.165, 1.54) is 6.20 Å². The molecule has 0 aliphatic heterocycles. The fraction of sp³-hybridized carbons (Fsp3) is 0.0833. The molecule has 2 heterocycles. The van der Waals surface area contributed by atoms with Crippen molar-refractivity contribution in [3.05, 3.63) is 63.2 Å². The van der Waals surface area contributed by atoms with Crippen molar-refractivity contribution in [2.24, 2.45) is 0 Å². The summed E-state index contributed by atoms with van der Waals surface area (Å²) in [5.41, 5.74) is -0.702. The van der Waals surface area contributed by atoms with Gasteiger partial charge in [0.05, 0.1) is 0 Å². The van der Waals surface area contributed by atoms with Crippen LogP contribution in [0.1, 0.15) is 12.5 Å². The van der Waals surface area contributed by atoms with E-state index in [9.17, 15) is 9.59 Å². The quantitative estimate of drug-likeness (QED) is 0.646. The molecular formula is C12H11N3O2. The SMILES string of the molecule is CC#Cc1c[nH]c(=O)[nH]c1=O.c1ccncc1. The summed E-state index contributed by atoms with van der Waals surface area (Å²) in [6.45, 7) is 1.62. The van der Waals surface area contributed by atoms with Gasteiger partial charge in [-0.1, -0.05) is 12.0 Å². The largest absolute Gasteiger partial charge is 0.325 e. The topological polar surface area (TPSA) is 78.6 Å². The standard InChI is InChI=1S/C7H6N2O2.C5H5N/c1-2-3-5-4-8-7(11)9-6(5)10;1-2-4-6-5-3-1/h4H,1H3,(H2,8,9,10,11);1-5H. The third-order valence-corrected chi connectivity index (χ3v) is 1.65. The van der Waals surface area contributed by atoms with Gasteiger partial charge >= 0.3 is 5.69 Å². The smallest absolute Gasteiger partial charge is 0.313 e. The predicted molar refractivity (Wildman–Crippen MR) is 64.5 cm³/mol. The third-order valence-electron chi connectivity index (χ3n) is 1.65.